The summed E-state index contributed by atoms with van der Waals surface area (Å²) in [5.41, 5.74) is 1.97. The van der Waals surface area contributed by atoms with Crippen molar-refractivity contribution in [3.8, 4) is 11.4 Å². The van der Waals surface area contributed by atoms with Crippen molar-refractivity contribution in [3.05, 3.63) is 29.8 Å². The van der Waals surface area contributed by atoms with Crippen LogP contribution in [0.25, 0.3) is 11.4 Å². The SMILES string of the molecule is Cc1ccc(-c2noc(N(C)C(C)C(=O)O)n2)cc1. The third kappa shape index (κ3) is 2.73. The number of hydrogen-bond donors (Lipinski definition) is 1. The van der Waals surface area contributed by atoms with Crippen molar-refractivity contribution in [2.24, 2.45) is 0 Å². The fourth-order valence-electron chi connectivity index (χ4n) is 1.51. The summed E-state index contributed by atoms with van der Waals surface area (Å²) in [6.07, 6.45) is 0. The standard InChI is InChI=1S/C13H15N3O3/c1-8-4-6-10(7-5-8)11-14-13(19-15-11)16(3)9(2)12(17)18/h4-7,9H,1-3H3,(H,17,18). The topological polar surface area (TPSA) is 79.5 Å². The number of likely N-dealkylation sites (N-methyl/N-ethyl adjacent to an activating group) is 1. The summed E-state index contributed by atoms with van der Waals surface area (Å²) >= 11 is 0. The zero-order valence-corrected chi connectivity index (χ0v) is 11.0. The van der Waals surface area contributed by atoms with Gasteiger partial charge in [-0.25, -0.2) is 4.79 Å². The number of aromatic nitrogens is 2. The molecule has 0 amide bonds. The van der Waals surface area contributed by atoms with Gasteiger partial charge >= 0.3 is 12.0 Å². The molecule has 0 spiro atoms. The number of hydrogen-bond acceptors (Lipinski definition) is 5. The molecule has 19 heavy (non-hydrogen) atoms. The number of carboxylic acid groups (broad SMARTS) is 1. The van der Waals surface area contributed by atoms with Gasteiger partial charge in [0.25, 0.3) is 0 Å². The van der Waals surface area contributed by atoms with Crippen LogP contribution in [0.3, 0.4) is 0 Å². The molecule has 0 radical (unpaired) electrons. The van der Waals surface area contributed by atoms with Crippen LogP contribution in [0.15, 0.2) is 28.8 Å². The van der Waals surface area contributed by atoms with Crippen molar-refractivity contribution < 1.29 is 14.4 Å². The number of carboxylic acids is 1. The summed E-state index contributed by atoms with van der Waals surface area (Å²) in [6, 6.07) is 7.15. The lowest BCUT2D eigenvalue weighted by Gasteiger charge is -2.17. The monoisotopic (exact) mass is 261 g/mol. The molecule has 6 heteroatoms. The van der Waals surface area contributed by atoms with Gasteiger partial charge in [-0.05, 0) is 13.8 Å². The van der Waals surface area contributed by atoms with Crippen LogP contribution in [0.2, 0.25) is 0 Å². The fourth-order valence-corrected chi connectivity index (χ4v) is 1.51. The smallest absolute Gasteiger partial charge is 0.326 e. The molecule has 2 rings (SSSR count). The second-order valence-electron chi connectivity index (χ2n) is 4.39. The van der Waals surface area contributed by atoms with E-state index in [1.807, 2.05) is 31.2 Å². The maximum atomic E-state index is 10.9. The lowest BCUT2D eigenvalue weighted by atomic mass is 10.1. The molecule has 0 aliphatic rings. The number of carbonyl (C=O) groups is 1. The molecule has 0 fully saturated rings. The zero-order chi connectivity index (χ0) is 14.0. The summed E-state index contributed by atoms with van der Waals surface area (Å²) in [5, 5.41) is 12.8. The van der Waals surface area contributed by atoms with Crippen LogP contribution in [0.1, 0.15) is 12.5 Å². The second-order valence-corrected chi connectivity index (χ2v) is 4.39. The third-order valence-electron chi connectivity index (χ3n) is 2.97. The second kappa shape index (κ2) is 5.09. The Morgan fingerprint density at radius 1 is 1.37 bits per heavy atom. The fraction of sp³-hybridized carbons (Fsp3) is 0.308. The van der Waals surface area contributed by atoms with E-state index in [0.29, 0.717) is 5.82 Å². The number of benzene rings is 1. The molecule has 1 aromatic heterocycles. The molecule has 1 aromatic carbocycles. The van der Waals surface area contributed by atoms with Gasteiger partial charge in [0, 0.05) is 12.6 Å². The number of aryl methyl sites for hydroxylation is 1. The Kier molecular flexibility index (Phi) is 3.50. The van der Waals surface area contributed by atoms with Gasteiger partial charge in [-0.15, -0.1) is 0 Å². The van der Waals surface area contributed by atoms with E-state index in [0.717, 1.165) is 11.1 Å². The molecular weight excluding hydrogens is 246 g/mol. The van der Waals surface area contributed by atoms with Gasteiger partial charge in [-0.2, -0.15) is 4.98 Å². The zero-order valence-electron chi connectivity index (χ0n) is 11.0. The minimum atomic E-state index is -0.947. The number of anilines is 1. The van der Waals surface area contributed by atoms with Gasteiger partial charge < -0.3 is 14.5 Å². The first-order valence-corrected chi connectivity index (χ1v) is 5.85. The molecule has 0 aliphatic heterocycles. The maximum Gasteiger partial charge on any atom is 0.326 e. The predicted octanol–water partition coefficient (Wildman–Crippen LogP) is 1.95. The predicted molar refractivity (Wildman–Crippen MR) is 70.0 cm³/mol. The Balaban J connectivity index is 2.24. The van der Waals surface area contributed by atoms with Crippen LogP contribution in [-0.2, 0) is 4.79 Å². The van der Waals surface area contributed by atoms with Crippen molar-refractivity contribution in [1.29, 1.82) is 0 Å². The molecule has 0 saturated carbocycles. The molecule has 1 heterocycles. The van der Waals surface area contributed by atoms with Crippen LogP contribution in [0.5, 0.6) is 0 Å². The first-order valence-electron chi connectivity index (χ1n) is 5.85. The van der Waals surface area contributed by atoms with Gasteiger partial charge in [0.1, 0.15) is 6.04 Å². The Morgan fingerprint density at radius 3 is 2.58 bits per heavy atom. The van der Waals surface area contributed by atoms with E-state index in [9.17, 15) is 4.79 Å². The molecule has 1 N–H and O–H groups in total. The van der Waals surface area contributed by atoms with Gasteiger partial charge in [0.05, 0.1) is 0 Å². The van der Waals surface area contributed by atoms with Crippen LogP contribution in [0.4, 0.5) is 6.01 Å². The van der Waals surface area contributed by atoms with E-state index in [4.69, 9.17) is 9.63 Å². The van der Waals surface area contributed by atoms with E-state index < -0.39 is 12.0 Å². The molecular formula is C13H15N3O3. The number of aliphatic carboxylic acids is 1. The van der Waals surface area contributed by atoms with Crippen LogP contribution < -0.4 is 4.90 Å². The first-order chi connectivity index (χ1) is 8.99. The van der Waals surface area contributed by atoms with Gasteiger partial charge in [0.15, 0.2) is 0 Å². The summed E-state index contributed by atoms with van der Waals surface area (Å²) in [7, 11) is 1.60. The number of nitrogens with zero attached hydrogens (tertiary/aromatic N) is 3. The molecule has 2 aromatic rings. The highest BCUT2D eigenvalue weighted by Gasteiger charge is 2.22. The average Bonchev–Trinajstić information content (AvgIpc) is 2.87. The molecule has 0 saturated heterocycles. The van der Waals surface area contributed by atoms with Gasteiger partial charge in [0.2, 0.25) is 5.82 Å². The summed E-state index contributed by atoms with van der Waals surface area (Å²) in [4.78, 5) is 16.5. The van der Waals surface area contributed by atoms with Crippen molar-refractivity contribution in [1.82, 2.24) is 10.1 Å². The first kappa shape index (κ1) is 13.1. The highest BCUT2D eigenvalue weighted by atomic mass is 16.5. The summed E-state index contributed by atoms with van der Waals surface area (Å²) < 4.78 is 5.08. The van der Waals surface area contributed by atoms with Crippen molar-refractivity contribution in [3.63, 3.8) is 0 Å². The van der Waals surface area contributed by atoms with Gasteiger partial charge in [-0.3, -0.25) is 0 Å². The highest BCUT2D eigenvalue weighted by molar-refractivity contribution is 5.76. The van der Waals surface area contributed by atoms with E-state index in [1.165, 1.54) is 4.90 Å². The Hall–Kier alpha value is -2.37. The van der Waals surface area contributed by atoms with E-state index in [-0.39, 0.29) is 6.01 Å². The minimum absolute atomic E-state index is 0.186. The van der Waals surface area contributed by atoms with Crippen LogP contribution in [0, 0.1) is 6.92 Å². The Morgan fingerprint density at radius 2 is 2.00 bits per heavy atom. The van der Waals surface area contributed by atoms with Crippen molar-refractivity contribution in [2.75, 3.05) is 11.9 Å². The molecule has 1 atom stereocenters. The molecule has 100 valence electrons. The minimum Gasteiger partial charge on any atom is -0.480 e. The van der Waals surface area contributed by atoms with Crippen molar-refractivity contribution >= 4 is 12.0 Å². The quantitative estimate of drug-likeness (QED) is 0.906. The molecule has 1 unspecified atom stereocenters. The number of rotatable bonds is 4. The lowest BCUT2D eigenvalue weighted by Crippen LogP contribution is -2.35. The average molecular weight is 261 g/mol. The van der Waals surface area contributed by atoms with E-state index in [1.54, 1.807) is 14.0 Å². The van der Waals surface area contributed by atoms with E-state index >= 15 is 0 Å². The summed E-state index contributed by atoms with van der Waals surface area (Å²) in [5.74, 6) is -0.503. The largest absolute Gasteiger partial charge is 0.480 e. The van der Waals surface area contributed by atoms with Crippen LogP contribution >= 0.6 is 0 Å². The van der Waals surface area contributed by atoms with Gasteiger partial charge in [-0.1, -0.05) is 35.0 Å². The van der Waals surface area contributed by atoms with E-state index in [2.05, 4.69) is 10.1 Å². The molecule has 0 bridgehead atoms. The normalized spacial score (nSPS) is 12.2. The maximum absolute atomic E-state index is 10.9. The Labute approximate surface area is 110 Å². The molecule has 6 nitrogen and oxygen atoms in total. The highest BCUT2D eigenvalue weighted by Crippen LogP contribution is 2.20. The lowest BCUT2D eigenvalue weighted by molar-refractivity contribution is -0.138. The molecule has 0 aliphatic carbocycles. The summed E-state index contributed by atoms with van der Waals surface area (Å²) in [6.45, 7) is 3.55. The third-order valence-corrected chi connectivity index (χ3v) is 2.97. The van der Waals surface area contributed by atoms with Crippen molar-refractivity contribution in [2.45, 2.75) is 19.9 Å². The van der Waals surface area contributed by atoms with Crippen LogP contribution in [-0.4, -0.2) is 34.3 Å². The Bertz CT molecular complexity index is 577.